The second kappa shape index (κ2) is 35.3. The van der Waals surface area contributed by atoms with E-state index in [9.17, 15) is 0 Å². The highest BCUT2D eigenvalue weighted by molar-refractivity contribution is 7.27. The summed E-state index contributed by atoms with van der Waals surface area (Å²) in [4.78, 5) is 0. The molecule has 0 aliphatic heterocycles. The van der Waals surface area contributed by atoms with E-state index in [1.807, 2.05) is 34.0 Å². The van der Waals surface area contributed by atoms with Gasteiger partial charge >= 0.3 is 0 Å². The summed E-state index contributed by atoms with van der Waals surface area (Å²) in [7, 11) is 0. The van der Waals surface area contributed by atoms with E-state index >= 15 is 0 Å². The van der Waals surface area contributed by atoms with Crippen LogP contribution in [-0.4, -0.2) is 27.4 Å². The first-order valence-electron chi connectivity index (χ1n) is 50.1. The highest BCUT2D eigenvalue weighted by Gasteiger charge is 2.26. The van der Waals surface area contributed by atoms with Crippen molar-refractivity contribution >= 4 is 193 Å². The smallest absolute Gasteiger partial charge is 0.0641 e. The first kappa shape index (κ1) is 85.3. The summed E-state index contributed by atoms with van der Waals surface area (Å²) in [5.41, 5.74) is 35.4. The van der Waals surface area contributed by atoms with Gasteiger partial charge in [-0.25, -0.2) is 0 Å². The third-order valence-electron chi connectivity index (χ3n) is 30.0. The molecule has 6 nitrogen and oxygen atoms in total. The fourth-order valence-corrected chi connectivity index (χ4v) is 27.0. The van der Waals surface area contributed by atoms with Crippen LogP contribution in [0.1, 0.15) is 0 Å². The van der Waals surface area contributed by atoms with E-state index in [2.05, 4.69) is 562 Å². The molecule has 0 unspecified atom stereocenters. The lowest BCUT2D eigenvalue weighted by atomic mass is 10.00. The molecule has 9 aromatic heterocycles. The van der Waals surface area contributed by atoms with Gasteiger partial charge in [-0.15, -0.1) is 34.0 Å². The summed E-state index contributed by atoms with van der Waals surface area (Å²) >= 11 is 5.69. The van der Waals surface area contributed by atoms with Crippen LogP contribution in [0.4, 0.5) is 0 Å². The van der Waals surface area contributed by atoms with Gasteiger partial charge in [0.05, 0.1) is 60.0 Å². The second-order valence-electron chi connectivity index (χ2n) is 38.0. The minimum absolute atomic E-state index is 1.15. The topological polar surface area (TPSA) is 29.6 Å². The summed E-state index contributed by atoms with van der Waals surface area (Å²) in [6.45, 7) is 0. The maximum atomic E-state index is 2.51. The lowest BCUT2D eigenvalue weighted by molar-refractivity contribution is 1.13. The number of hydrogen-bond acceptors (Lipinski definition) is 3. The van der Waals surface area contributed by atoms with Crippen LogP contribution in [0.5, 0.6) is 0 Å². The largest absolute Gasteiger partial charge is 0.316 e. The van der Waals surface area contributed by atoms with Crippen LogP contribution in [0, 0.1) is 0 Å². The quantitative estimate of drug-likeness (QED) is 0.110. The van der Waals surface area contributed by atoms with E-state index in [4.69, 9.17) is 0 Å². The average Bonchev–Trinajstić information content (AvgIpc) is 1.57. The van der Waals surface area contributed by atoms with Crippen LogP contribution in [0.15, 0.2) is 534 Å². The van der Waals surface area contributed by atoms with Gasteiger partial charge in [0.15, 0.2) is 0 Å². The Morgan fingerprint density at radius 1 is 0.129 bits per heavy atom. The Morgan fingerprint density at radius 2 is 0.381 bits per heavy atom. The number of thiophene rings is 3. The molecule has 0 radical (unpaired) electrons. The third-order valence-corrected chi connectivity index (χ3v) is 33.8. The van der Waals surface area contributed by atoms with Gasteiger partial charge in [-0.05, 0) is 205 Å². The van der Waals surface area contributed by atoms with Gasteiger partial charge in [-0.1, -0.05) is 388 Å². The molecular weight excluding hydrogens is 1840 g/mol. The normalized spacial score (nSPS) is 11.8. The van der Waals surface area contributed by atoms with Gasteiger partial charge in [-0.3, -0.25) is 0 Å². The number of rotatable bonds is 13. The molecule has 0 spiro atoms. The summed E-state index contributed by atoms with van der Waals surface area (Å²) in [6, 6.07) is 188. The summed E-state index contributed by atoms with van der Waals surface area (Å²) in [6.07, 6.45) is 6.63. The van der Waals surface area contributed by atoms with Crippen molar-refractivity contribution in [2.24, 2.45) is 0 Å². The van der Waals surface area contributed by atoms with E-state index in [0.717, 1.165) is 28.4 Å². The van der Waals surface area contributed by atoms with Crippen molar-refractivity contribution in [1.82, 2.24) is 27.4 Å². The molecule has 0 saturated heterocycles. The van der Waals surface area contributed by atoms with Gasteiger partial charge in [0, 0.05) is 151 Å². The van der Waals surface area contributed by atoms with E-state index in [1.165, 1.54) is 242 Å². The zero-order valence-electron chi connectivity index (χ0n) is 79.7. The van der Waals surface area contributed by atoms with Crippen molar-refractivity contribution in [3.8, 4) is 112 Å². The Morgan fingerprint density at radius 3 is 0.748 bits per heavy atom. The molecular formula is C138H88N6S3. The van der Waals surface area contributed by atoms with E-state index in [-0.39, 0.29) is 0 Å². The van der Waals surface area contributed by atoms with Crippen LogP contribution >= 0.6 is 34.0 Å². The maximum Gasteiger partial charge on any atom is 0.0641 e. The van der Waals surface area contributed by atoms with Gasteiger partial charge in [0.25, 0.3) is 0 Å². The van der Waals surface area contributed by atoms with E-state index in [1.54, 1.807) is 0 Å². The molecule has 0 amide bonds. The Balaban J connectivity index is 0.000000104. The third kappa shape index (κ3) is 14.2. The van der Waals surface area contributed by atoms with Crippen molar-refractivity contribution in [2.75, 3.05) is 0 Å². The van der Waals surface area contributed by atoms with E-state index < -0.39 is 0 Å². The molecule has 31 rings (SSSR count). The molecule has 9 heterocycles. The molecule has 0 fully saturated rings. The Hall–Kier alpha value is -18.5. The zero-order valence-corrected chi connectivity index (χ0v) is 82.2. The first-order chi connectivity index (χ1) is 72.9. The molecule has 0 aliphatic carbocycles. The molecule has 688 valence electrons. The molecule has 0 bridgehead atoms. The predicted molar refractivity (Wildman–Crippen MR) is 630 cm³/mol. The molecule has 9 heteroatoms. The maximum absolute atomic E-state index is 2.51. The zero-order chi connectivity index (χ0) is 96.7. The van der Waals surface area contributed by atoms with Crippen LogP contribution in [0.3, 0.4) is 0 Å². The number of hydrogen-bond donors (Lipinski definition) is 0. The highest BCUT2D eigenvalue weighted by Crippen LogP contribution is 2.51. The van der Waals surface area contributed by atoms with Crippen molar-refractivity contribution in [2.45, 2.75) is 0 Å². The molecule has 0 N–H and O–H groups in total. The summed E-state index contributed by atoms with van der Waals surface area (Å²) in [5, 5.41) is 19.2. The Kier molecular flexibility index (Phi) is 20.5. The number of benzene rings is 22. The van der Waals surface area contributed by atoms with Gasteiger partial charge in [-0.2, -0.15) is 0 Å². The van der Waals surface area contributed by atoms with Crippen LogP contribution in [-0.2, 0) is 0 Å². The van der Waals surface area contributed by atoms with Crippen molar-refractivity contribution in [3.05, 3.63) is 534 Å². The lowest BCUT2D eigenvalue weighted by Gasteiger charge is -2.11. The number of fused-ring (bicyclic) bond motifs is 24. The molecule has 147 heavy (non-hydrogen) atoms. The fourth-order valence-electron chi connectivity index (χ4n) is 23.1. The lowest BCUT2D eigenvalue weighted by Crippen LogP contribution is -1.95. The average molecular weight is 1930 g/mol. The van der Waals surface area contributed by atoms with Gasteiger partial charge in [0.2, 0.25) is 0 Å². The Bertz CT molecular complexity index is 10600. The highest BCUT2D eigenvalue weighted by atomic mass is 32.1. The molecule has 0 saturated carbocycles. The van der Waals surface area contributed by atoms with Crippen molar-refractivity contribution in [1.29, 1.82) is 0 Å². The molecule has 0 aliphatic rings. The van der Waals surface area contributed by atoms with Gasteiger partial charge in [0.1, 0.15) is 0 Å². The van der Waals surface area contributed by atoms with Crippen LogP contribution in [0.25, 0.3) is 271 Å². The SMILES string of the molecule is c1ccc(-c2ccc(-n3ccc4c3ccc3c5ccccc5n(-c5ccc(-c6cccc7c6sc6c(-c8ccccc8)cccc67)cc5)c34)cc2)cc1.c1ccc(-c2ccc(-n3ccc4c3ccc3c5ccccc5n(-c5ccc(-c6cccc7c6sc6ccccc67)cc5)c34)cc2)cc1.c1ccc(-c2ccc(-n3ccc4c3ccc3c5ccccc5n(-c5cccc6c5sc5c(-c7ccccc7)cccc56)c34)cc2)cc1. The van der Waals surface area contributed by atoms with Gasteiger partial charge < -0.3 is 27.4 Å². The predicted octanol–water partition coefficient (Wildman–Crippen LogP) is 39.0. The monoisotopic (exact) mass is 1920 g/mol. The molecule has 22 aromatic carbocycles. The summed E-state index contributed by atoms with van der Waals surface area (Å²) in [5.74, 6) is 0. The molecule has 31 aromatic rings. The number of nitrogens with zero attached hydrogens (tertiary/aromatic N) is 6. The van der Waals surface area contributed by atoms with Crippen molar-refractivity contribution < 1.29 is 0 Å². The van der Waals surface area contributed by atoms with Crippen LogP contribution < -0.4 is 0 Å². The minimum atomic E-state index is 1.15. The van der Waals surface area contributed by atoms with E-state index in [0.29, 0.717) is 0 Å². The Labute approximate surface area is 859 Å². The van der Waals surface area contributed by atoms with Crippen LogP contribution in [0.2, 0.25) is 0 Å². The standard InChI is InChI=1S/C50H32N2S.2C44H28N2S/c1-3-11-33(12-4-1)34-21-25-37(26-22-34)51-32-31-45-46(51)30-29-42-41-15-7-8-20-47(41)52(48(42)45)38-27-23-36(24-28-38)40-17-10-19-44-43-18-9-16-39(49(43)53-50(40)44)35-13-5-2-6-14-35;1-3-11-29(12-4-1)30-21-23-32(24-22-30)45-28-27-38-39(45)26-25-35-34-15-7-8-19-40(34)46(42(35)38)41-20-10-18-37-36-17-9-16-33(43(36)47-44(37)41)31-13-5-2-6-14-31;1-2-9-29(10-3-1)30-17-21-32(22-18-30)45-28-27-39-40(45)26-25-37-35-11-4-6-15-41(35)46(43(37)39)33-23-19-31(20-24-33)34-13-8-14-38-36-12-5-7-16-42(36)47-44(34)38/h1-32H;2*1-28H. The summed E-state index contributed by atoms with van der Waals surface area (Å²) < 4.78 is 22.3. The fraction of sp³-hybridized carbons (Fsp3) is 0. The number of aromatic nitrogens is 6. The number of para-hydroxylation sites is 3. The second-order valence-corrected chi connectivity index (χ2v) is 41.1. The molecule has 0 atom stereocenters. The van der Waals surface area contributed by atoms with Crippen molar-refractivity contribution in [3.63, 3.8) is 0 Å². The first-order valence-corrected chi connectivity index (χ1v) is 52.6. The minimum Gasteiger partial charge on any atom is -0.316 e.